The Balaban J connectivity index is 1.75. The topological polar surface area (TPSA) is 121 Å². The second-order valence-electron chi connectivity index (χ2n) is 7.79. The fraction of sp³-hybridized carbons (Fsp3) is 0.864. The number of alkyl carbamates (subject to hydrolysis) is 1. The molecule has 0 aromatic carbocycles. The molecule has 0 saturated heterocycles. The van der Waals surface area contributed by atoms with E-state index >= 15 is 0 Å². The van der Waals surface area contributed by atoms with Crippen molar-refractivity contribution in [2.45, 2.75) is 56.7 Å². The number of hydrogen-bond donors (Lipinski definition) is 3. The Morgan fingerprint density at radius 1 is 0.758 bits per heavy atom. The lowest BCUT2D eigenvalue weighted by Gasteiger charge is -2.26. The summed E-state index contributed by atoms with van der Waals surface area (Å²) >= 11 is 4.45. The van der Waals surface area contributed by atoms with Crippen molar-refractivity contribution in [1.29, 1.82) is 0 Å². The van der Waals surface area contributed by atoms with Crippen LogP contribution in [0.25, 0.3) is 0 Å². The van der Waals surface area contributed by atoms with Gasteiger partial charge in [0.15, 0.2) is 0 Å². The van der Waals surface area contributed by atoms with Crippen LogP contribution in [0.1, 0.15) is 45.4 Å². The standard InChI is InChI=1S/C22H40N2O8S/c1-18(25)2-7-21(26)23-8-9-28-10-11-29-12-13-30-14-15-31-16-17-32-22(27)24-19-3-5-20(33)6-4-19/h19-20,33H,2-17H2,1H3,(H,23,26)(H,24,27). The minimum absolute atomic E-state index is 0.00307. The second-order valence-corrected chi connectivity index (χ2v) is 8.52. The van der Waals surface area contributed by atoms with Gasteiger partial charge in [-0.2, -0.15) is 12.6 Å². The van der Waals surface area contributed by atoms with E-state index in [-0.39, 0.29) is 37.2 Å². The summed E-state index contributed by atoms with van der Waals surface area (Å²) in [6, 6.07) is 0.182. The first-order chi connectivity index (χ1) is 16.0. The maximum absolute atomic E-state index is 11.7. The molecule has 0 atom stereocenters. The summed E-state index contributed by atoms with van der Waals surface area (Å²) in [5.41, 5.74) is 0. The molecule has 0 aromatic heterocycles. The molecule has 2 amide bonds. The molecule has 0 spiro atoms. The third kappa shape index (κ3) is 18.7. The van der Waals surface area contributed by atoms with Crippen LogP contribution in [-0.4, -0.2) is 95.1 Å². The molecule has 33 heavy (non-hydrogen) atoms. The minimum Gasteiger partial charge on any atom is -0.447 e. The summed E-state index contributed by atoms with van der Waals surface area (Å²) in [6.07, 6.45) is 4.00. The van der Waals surface area contributed by atoms with Crippen molar-refractivity contribution in [3.8, 4) is 0 Å². The molecule has 2 N–H and O–H groups in total. The first-order valence-electron chi connectivity index (χ1n) is 11.7. The van der Waals surface area contributed by atoms with E-state index in [1.54, 1.807) is 0 Å². The molecule has 0 heterocycles. The summed E-state index contributed by atoms with van der Waals surface area (Å²) in [6.45, 7) is 5.41. The van der Waals surface area contributed by atoms with Gasteiger partial charge in [-0.3, -0.25) is 4.79 Å². The van der Waals surface area contributed by atoms with Crippen LogP contribution in [0, 0.1) is 0 Å². The first kappa shape index (κ1) is 29.6. The zero-order valence-electron chi connectivity index (χ0n) is 19.7. The fourth-order valence-corrected chi connectivity index (χ4v) is 3.32. The third-order valence-electron chi connectivity index (χ3n) is 4.87. The molecule has 1 saturated carbocycles. The lowest BCUT2D eigenvalue weighted by atomic mass is 9.95. The smallest absolute Gasteiger partial charge is 0.407 e. The highest BCUT2D eigenvalue weighted by molar-refractivity contribution is 7.80. The summed E-state index contributed by atoms with van der Waals surface area (Å²) in [5, 5.41) is 6.00. The summed E-state index contributed by atoms with van der Waals surface area (Å²) < 4.78 is 26.6. The van der Waals surface area contributed by atoms with E-state index < -0.39 is 6.09 Å². The molecular formula is C22H40N2O8S. The van der Waals surface area contributed by atoms with Crippen molar-refractivity contribution in [3.63, 3.8) is 0 Å². The molecule has 1 fully saturated rings. The highest BCUT2D eigenvalue weighted by Crippen LogP contribution is 2.22. The van der Waals surface area contributed by atoms with Gasteiger partial charge in [-0.25, -0.2) is 4.79 Å². The van der Waals surface area contributed by atoms with E-state index in [2.05, 4.69) is 23.3 Å². The number of rotatable bonds is 19. The van der Waals surface area contributed by atoms with Crippen LogP contribution in [0.5, 0.6) is 0 Å². The van der Waals surface area contributed by atoms with Crippen molar-refractivity contribution in [2.24, 2.45) is 0 Å². The number of Topliss-reactive ketones (excluding diaryl/α,β-unsaturated/α-hetero) is 1. The van der Waals surface area contributed by atoms with Gasteiger partial charge in [-0.1, -0.05) is 0 Å². The van der Waals surface area contributed by atoms with Gasteiger partial charge in [0.1, 0.15) is 12.4 Å². The van der Waals surface area contributed by atoms with E-state index in [1.165, 1.54) is 6.92 Å². The van der Waals surface area contributed by atoms with Crippen LogP contribution in [-0.2, 0) is 33.3 Å². The molecule has 0 aliphatic heterocycles. The lowest BCUT2D eigenvalue weighted by Crippen LogP contribution is -2.38. The summed E-state index contributed by atoms with van der Waals surface area (Å²) in [4.78, 5) is 33.9. The zero-order chi connectivity index (χ0) is 24.2. The Labute approximate surface area is 202 Å². The summed E-state index contributed by atoms with van der Waals surface area (Å²) in [7, 11) is 0. The molecule has 0 aromatic rings. The zero-order valence-corrected chi connectivity index (χ0v) is 20.6. The lowest BCUT2D eigenvalue weighted by molar-refractivity contribution is -0.124. The fourth-order valence-electron chi connectivity index (χ4n) is 3.02. The van der Waals surface area contributed by atoms with Crippen LogP contribution >= 0.6 is 12.6 Å². The monoisotopic (exact) mass is 492 g/mol. The quantitative estimate of drug-likeness (QED) is 0.183. The van der Waals surface area contributed by atoms with Gasteiger partial charge in [0.05, 0.1) is 52.9 Å². The van der Waals surface area contributed by atoms with Crippen molar-refractivity contribution < 1.29 is 38.1 Å². The van der Waals surface area contributed by atoms with E-state index in [4.69, 9.17) is 23.7 Å². The predicted octanol–water partition coefficient (Wildman–Crippen LogP) is 1.51. The average molecular weight is 493 g/mol. The average Bonchev–Trinajstić information content (AvgIpc) is 2.79. The van der Waals surface area contributed by atoms with Crippen LogP contribution < -0.4 is 10.6 Å². The Kier molecular flexibility index (Phi) is 18.0. The molecule has 0 unspecified atom stereocenters. The van der Waals surface area contributed by atoms with Gasteiger partial charge in [0.2, 0.25) is 5.91 Å². The number of carbonyl (C=O) groups is 3. The normalized spacial score (nSPS) is 18.0. The second kappa shape index (κ2) is 20.0. The van der Waals surface area contributed by atoms with Crippen molar-refractivity contribution in [3.05, 3.63) is 0 Å². The van der Waals surface area contributed by atoms with E-state index in [1.807, 2.05) is 0 Å². The van der Waals surface area contributed by atoms with Crippen LogP contribution in [0.2, 0.25) is 0 Å². The number of thiol groups is 1. The molecule has 10 nitrogen and oxygen atoms in total. The SMILES string of the molecule is CC(=O)CCC(=O)NCCOCCOCCOCCOCCOC(=O)NC1CCC(S)CC1. The number of carbonyl (C=O) groups excluding carboxylic acids is 3. The Hall–Kier alpha value is -1.40. The van der Waals surface area contributed by atoms with Crippen LogP contribution in [0.3, 0.4) is 0 Å². The van der Waals surface area contributed by atoms with Gasteiger partial charge in [0, 0.05) is 30.7 Å². The largest absolute Gasteiger partial charge is 0.447 e. The highest BCUT2D eigenvalue weighted by atomic mass is 32.1. The maximum Gasteiger partial charge on any atom is 0.407 e. The van der Waals surface area contributed by atoms with Gasteiger partial charge in [-0.05, 0) is 32.6 Å². The summed E-state index contributed by atoms with van der Waals surface area (Å²) in [5.74, 6) is -0.144. The third-order valence-corrected chi connectivity index (χ3v) is 5.38. The molecule has 0 radical (unpaired) electrons. The van der Waals surface area contributed by atoms with Crippen LogP contribution in [0.15, 0.2) is 0 Å². The van der Waals surface area contributed by atoms with Gasteiger partial charge < -0.3 is 39.1 Å². The maximum atomic E-state index is 11.7. The Morgan fingerprint density at radius 2 is 1.27 bits per heavy atom. The number of ketones is 1. The Bertz CT molecular complexity index is 544. The van der Waals surface area contributed by atoms with E-state index in [0.717, 1.165) is 25.7 Å². The molecule has 11 heteroatoms. The minimum atomic E-state index is -0.395. The van der Waals surface area contributed by atoms with E-state index in [0.29, 0.717) is 64.6 Å². The molecular weight excluding hydrogens is 452 g/mol. The van der Waals surface area contributed by atoms with E-state index in [9.17, 15) is 14.4 Å². The number of ether oxygens (including phenoxy) is 5. The molecule has 1 aliphatic carbocycles. The van der Waals surface area contributed by atoms with Gasteiger partial charge >= 0.3 is 6.09 Å². The Morgan fingerprint density at radius 3 is 1.82 bits per heavy atom. The van der Waals surface area contributed by atoms with Crippen molar-refractivity contribution >= 4 is 30.4 Å². The van der Waals surface area contributed by atoms with Crippen molar-refractivity contribution in [2.75, 3.05) is 66.0 Å². The van der Waals surface area contributed by atoms with Gasteiger partial charge in [0.25, 0.3) is 0 Å². The highest BCUT2D eigenvalue weighted by Gasteiger charge is 2.20. The molecule has 1 aliphatic rings. The number of hydrogen-bond acceptors (Lipinski definition) is 9. The molecule has 192 valence electrons. The van der Waals surface area contributed by atoms with Gasteiger partial charge in [-0.15, -0.1) is 0 Å². The number of amides is 2. The first-order valence-corrected chi connectivity index (χ1v) is 12.2. The van der Waals surface area contributed by atoms with Crippen LogP contribution in [0.4, 0.5) is 4.79 Å². The number of nitrogens with one attached hydrogen (secondary N) is 2. The molecule has 0 bridgehead atoms. The van der Waals surface area contributed by atoms with Crippen molar-refractivity contribution in [1.82, 2.24) is 10.6 Å². The predicted molar refractivity (Wildman–Crippen MR) is 126 cm³/mol. The molecule has 1 rings (SSSR count).